The molecule has 0 aliphatic rings. The molecule has 1 amide bonds. The van der Waals surface area contributed by atoms with Crippen LogP contribution in [-0.2, 0) is 4.79 Å². The summed E-state index contributed by atoms with van der Waals surface area (Å²) < 4.78 is 2.03. The van der Waals surface area contributed by atoms with Crippen LogP contribution < -0.4 is 5.32 Å². The first-order valence-corrected chi connectivity index (χ1v) is 11.4. The van der Waals surface area contributed by atoms with Gasteiger partial charge in [-0.3, -0.25) is 14.3 Å². The van der Waals surface area contributed by atoms with Gasteiger partial charge < -0.3 is 5.32 Å². The third-order valence-electron chi connectivity index (χ3n) is 5.05. The number of para-hydroxylation sites is 2. The first-order valence-electron chi connectivity index (χ1n) is 10.5. The second-order valence-corrected chi connectivity index (χ2v) is 9.02. The van der Waals surface area contributed by atoms with Gasteiger partial charge in [0.05, 0.1) is 10.9 Å². The van der Waals surface area contributed by atoms with Crippen molar-refractivity contribution >= 4 is 23.4 Å². The lowest BCUT2D eigenvalue weighted by Crippen LogP contribution is -2.22. The predicted molar refractivity (Wildman–Crippen MR) is 129 cm³/mol. The summed E-state index contributed by atoms with van der Waals surface area (Å²) in [6.07, 6.45) is 3.51. The number of thioether (sulfide) groups is 1. The molecule has 0 fully saturated rings. The lowest BCUT2D eigenvalue weighted by molar-refractivity contribution is -0.115. The highest BCUT2D eigenvalue weighted by molar-refractivity contribution is 8.00. The van der Waals surface area contributed by atoms with E-state index >= 15 is 0 Å². The molecule has 2 heterocycles. The fourth-order valence-corrected chi connectivity index (χ4v) is 4.26. The molecule has 0 spiro atoms. The Kier molecular flexibility index (Phi) is 6.66. The van der Waals surface area contributed by atoms with Gasteiger partial charge in [0.25, 0.3) is 0 Å². The van der Waals surface area contributed by atoms with Gasteiger partial charge in [-0.25, -0.2) is 0 Å². The van der Waals surface area contributed by atoms with Crippen LogP contribution >= 0.6 is 11.8 Å². The zero-order chi connectivity index (χ0) is 22.5. The van der Waals surface area contributed by atoms with Crippen molar-refractivity contribution in [1.82, 2.24) is 19.7 Å². The second-order valence-electron chi connectivity index (χ2n) is 7.71. The summed E-state index contributed by atoms with van der Waals surface area (Å²) in [5.41, 5.74) is 3.82. The molecule has 7 heteroatoms. The molecule has 1 N–H and O–H groups in total. The summed E-state index contributed by atoms with van der Waals surface area (Å²) in [5.74, 6) is 0.923. The Balaban J connectivity index is 1.72. The Morgan fingerprint density at radius 2 is 1.69 bits per heavy atom. The first kappa shape index (κ1) is 21.8. The number of anilines is 1. The molecule has 32 heavy (non-hydrogen) atoms. The van der Waals surface area contributed by atoms with Crippen molar-refractivity contribution in [2.24, 2.45) is 0 Å². The molecule has 2 aromatic heterocycles. The number of nitrogens with zero attached hydrogens (tertiary/aromatic N) is 4. The minimum absolute atomic E-state index is 0.0872. The monoisotopic (exact) mass is 443 g/mol. The van der Waals surface area contributed by atoms with E-state index in [-0.39, 0.29) is 11.2 Å². The Morgan fingerprint density at radius 1 is 0.938 bits per heavy atom. The van der Waals surface area contributed by atoms with Gasteiger partial charge in [-0.15, -0.1) is 10.2 Å². The molecule has 0 aliphatic carbocycles. The first-order chi connectivity index (χ1) is 15.5. The lowest BCUT2D eigenvalue weighted by atomic mass is 10.0. The van der Waals surface area contributed by atoms with E-state index in [4.69, 9.17) is 0 Å². The molecular formula is C25H25N5OS. The minimum atomic E-state index is -0.369. The number of carbonyl (C=O) groups excluding carboxylic acids is 1. The summed E-state index contributed by atoms with van der Waals surface area (Å²) in [4.78, 5) is 17.1. The maximum absolute atomic E-state index is 12.8. The molecule has 4 aromatic rings. The molecule has 162 valence electrons. The number of amides is 1. The van der Waals surface area contributed by atoms with Gasteiger partial charge in [-0.05, 0) is 48.7 Å². The second kappa shape index (κ2) is 9.78. The number of hydrogen-bond acceptors (Lipinski definition) is 5. The number of rotatable bonds is 7. The fourth-order valence-electron chi connectivity index (χ4n) is 3.40. The average molecular weight is 444 g/mol. The molecule has 1 atom stereocenters. The van der Waals surface area contributed by atoms with Gasteiger partial charge in [-0.2, -0.15) is 0 Å². The van der Waals surface area contributed by atoms with Crippen molar-refractivity contribution in [2.75, 3.05) is 5.32 Å². The molecule has 0 aliphatic heterocycles. The van der Waals surface area contributed by atoms with E-state index in [1.807, 2.05) is 66.1 Å². The van der Waals surface area contributed by atoms with E-state index in [9.17, 15) is 4.79 Å². The Bertz CT molecular complexity index is 1190. The van der Waals surface area contributed by atoms with Crippen LogP contribution in [0.5, 0.6) is 0 Å². The lowest BCUT2D eigenvalue weighted by Gasteiger charge is -2.18. The van der Waals surface area contributed by atoms with E-state index in [1.165, 1.54) is 17.3 Å². The van der Waals surface area contributed by atoms with Crippen molar-refractivity contribution in [1.29, 1.82) is 0 Å². The van der Waals surface area contributed by atoms with Gasteiger partial charge in [0.2, 0.25) is 5.91 Å². The topological polar surface area (TPSA) is 72.7 Å². The molecule has 0 saturated carbocycles. The smallest absolute Gasteiger partial charge is 0.237 e. The largest absolute Gasteiger partial charge is 0.325 e. The molecule has 0 radical (unpaired) electrons. The van der Waals surface area contributed by atoms with E-state index < -0.39 is 0 Å². The Hall–Kier alpha value is -3.45. The molecule has 1 unspecified atom stereocenters. The Morgan fingerprint density at radius 3 is 2.41 bits per heavy atom. The van der Waals surface area contributed by atoms with Crippen molar-refractivity contribution in [3.8, 4) is 17.1 Å². The van der Waals surface area contributed by atoms with Crippen molar-refractivity contribution in [2.45, 2.75) is 37.1 Å². The SMILES string of the molecule is CC(Sc1nnc(-c2cccnc2)n1-c1ccccc1C(C)C)C(=O)Nc1ccccc1. The van der Waals surface area contributed by atoms with Crippen LogP contribution in [0.25, 0.3) is 17.1 Å². The van der Waals surface area contributed by atoms with Gasteiger partial charge in [-0.1, -0.05) is 62.0 Å². The summed E-state index contributed by atoms with van der Waals surface area (Å²) in [7, 11) is 0. The van der Waals surface area contributed by atoms with Crippen LogP contribution in [0.15, 0.2) is 84.3 Å². The quantitative estimate of drug-likeness (QED) is 0.378. The maximum atomic E-state index is 12.8. The zero-order valence-corrected chi connectivity index (χ0v) is 19.1. The maximum Gasteiger partial charge on any atom is 0.237 e. The van der Waals surface area contributed by atoms with Gasteiger partial charge in [0.1, 0.15) is 0 Å². The molecular weight excluding hydrogens is 418 g/mol. The summed E-state index contributed by atoms with van der Waals surface area (Å²) in [6, 6.07) is 21.5. The fraction of sp³-hybridized carbons (Fsp3) is 0.200. The molecule has 0 saturated heterocycles. The van der Waals surface area contributed by atoms with Gasteiger partial charge in [0.15, 0.2) is 11.0 Å². The number of aromatic nitrogens is 4. The van der Waals surface area contributed by atoms with Crippen LogP contribution in [0.2, 0.25) is 0 Å². The van der Waals surface area contributed by atoms with Crippen LogP contribution in [0.1, 0.15) is 32.3 Å². The highest BCUT2D eigenvalue weighted by Crippen LogP contribution is 2.33. The third kappa shape index (κ3) is 4.73. The summed E-state index contributed by atoms with van der Waals surface area (Å²) >= 11 is 1.39. The highest BCUT2D eigenvalue weighted by Gasteiger charge is 2.23. The van der Waals surface area contributed by atoms with E-state index in [0.717, 1.165) is 16.9 Å². The van der Waals surface area contributed by atoms with Gasteiger partial charge in [0, 0.05) is 23.6 Å². The summed E-state index contributed by atoms with van der Waals surface area (Å²) in [5, 5.41) is 12.2. The number of hydrogen-bond donors (Lipinski definition) is 1. The van der Waals surface area contributed by atoms with Crippen molar-refractivity contribution in [3.05, 3.63) is 84.7 Å². The van der Waals surface area contributed by atoms with Gasteiger partial charge >= 0.3 is 0 Å². The Labute approximate surface area is 192 Å². The average Bonchev–Trinajstić information content (AvgIpc) is 3.23. The predicted octanol–water partition coefficient (Wildman–Crippen LogP) is 5.57. The normalized spacial score (nSPS) is 12.0. The standard InChI is InChI=1S/C25H25N5OS/c1-17(2)21-13-7-8-14-22(21)30-23(19-10-9-15-26-16-19)28-29-25(30)32-18(3)24(31)27-20-11-5-4-6-12-20/h4-18H,1-3H3,(H,27,31). The van der Waals surface area contributed by atoms with Crippen molar-refractivity contribution in [3.63, 3.8) is 0 Å². The number of pyridine rings is 1. The molecule has 2 aromatic carbocycles. The van der Waals surface area contributed by atoms with Crippen LogP contribution in [0.4, 0.5) is 5.69 Å². The zero-order valence-electron chi connectivity index (χ0n) is 18.3. The summed E-state index contributed by atoms with van der Waals surface area (Å²) in [6.45, 7) is 6.20. The van der Waals surface area contributed by atoms with Crippen molar-refractivity contribution < 1.29 is 4.79 Å². The molecule has 6 nitrogen and oxygen atoms in total. The van der Waals surface area contributed by atoms with E-state index in [1.54, 1.807) is 12.4 Å². The highest BCUT2D eigenvalue weighted by atomic mass is 32.2. The van der Waals surface area contributed by atoms with E-state index in [2.05, 4.69) is 46.5 Å². The molecule has 0 bridgehead atoms. The third-order valence-corrected chi connectivity index (χ3v) is 6.09. The number of benzene rings is 2. The number of nitrogens with one attached hydrogen (secondary N) is 1. The number of carbonyl (C=O) groups is 1. The van der Waals surface area contributed by atoms with E-state index in [0.29, 0.717) is 16.9 Å². The van der Waals surface area contributed by atoms with Crippen LogP contribution in [0.3, 0.4) is 0 Å². The van der Waals surface area contributed by atoms with Crippen LogP contribution in [0, 0.1) is 0 Å². The molecule has 4 rings (SSSR count). The minimum Gasteiger partial charge on any atom is -0.325 e. The van der Waals surface area contributed by atoms with Crippen LogP contribution in [-0.4, -0.2) is 30.9 Å².